The summed E-state index contributed by atoms with van der Waals surface area (Å²) in [6, 6.07) is 42.1. The number of pyridine rings is 1. The number of rotatable bonds is 5. The number of hydrogen-bond donors (Lipinski definition) is 0. The summed E-state index contributed by atoms with van der Waals surface area (Å²) in [7, 11) is 2.13. The van der Waals surface area contributed by atoms with E-state index in [9.17, 15) is 0 Å². The topological polar surface area (TPSA) is 36.9 Å². The van der Waals surface area contributed by atoms with Crippen molar-refractivity contribution in [3.05, 3.63) is 148 Å². The molecule has 5 aromatic carbocycles. The number of aromatic nitrogens is 4. The fourth-order valence-corrected chi connectivity index (χ4v) is 8.95. The van der Waals surface area contributed by atoms with E-state index in [1.54, 1.807) is 12.3 Å². The first-order chi connectivity index (χ1) is 26.8. The Hall–Kier alpha value is -4.99. The molecule has 1 aliphatic rings. The van der Waals surface area contributed by atoms with Crippen molar-refractivity contribution in [3.8, 4) is 28.4 Å². The van der Waals surface area contributed by atoms with Crippen molar-refractivity contribution in [1.82, 2.24) is 18.7 Å². The summed E-state index contributed by atoms with van der Waals surface area (Å²) in [4.78, 5) is 4.92. The Morgan fingerprint density at radius 2 is 1.55 bits per heavy atom. The first-order valence-electron chi connectivity index (χ1n) is 19.7. The standard InChI is InChI=1S/C47H42N4O.Pt/c1-30-15-24-41(50-29-49(6)43-13-9-10-14-44(43)50)39-26-34(20-22-36(30)39)52-35-21-23-38-37-11-7-8-12-42(37)51(45(38)27-35)46-25-31(2)40(28-48-46)32-16-18-33(19-17-32)47(3,4)5;/h7-14,16-23,25,28,30,41H,15,24H2,1-6H3;/q-2;/i2D3;. The van der Waals surface area contributed by atoms with Gasteiger partial charge in [0.15, 0.2) is 0 Å². The van der Waals surface area contributed by atoms with Crippen LogP contribution in [-0.2, 0) is 31.8 Å². The van der Waals surface area contributed by atoms with Crippen LogP contribution in [0, 0.1) is 22.8 Å². The molecule has 9 rings (SSSR count). The quantitative estimate of drug-likeness (QED) is 0.162. The Kier molecular flexibility index (Phi) is 7.39. The van der Waals surface area contributed by atoms with Crippen LogP contribution in [0.25, 0.3) is 49.8 Å². The summed E-state index contributed by atoms with van der Waals surface area (Å²) >= 11 is 2.44. The molecule has 3 aromatic heterocycles. The third-order valence-electron chi connectivity index (χ3n) is 10.9. The summed E-state index contributed by atoms with van der Waals surface area (Å²) in [5.41, 5.74) is 9.34. The van der Waals surface area contributed by atoms with Crippen LogP contribution < -0.4 is 4.74 Å². The molecular formula is C47H42N4OPt-2. The number of para-hydroxylation sites is 3. The number of nitrogens with zero attached hydrogens (tertiary/aromatic N) is 4. The van der Waals surface area contributed by atoms with Crippen molar-refractivity contribution < 1.29 is 28.2 Å². The van der Waals surface area contributed by atoms with Crippen LogP contribution in [0.5, 0.6) is 11.5 Å². The molecule has 0 saturated carbocycles. The number of hydrogen-bond acceptors (Lipinski definition) is 2. The molecule has 3 heterocycles. The molecule has 0 amide bonds. The predicted molar refractivity (Wildman–Crippen MR) is 212 cm³/mol. The third-order valence-corrected chi connectivity index (χ3v) is 12.2. The molecule has 0 fully saturated rings. The van der Waals surface area contributed by atoms with Crippen LogP contribution >= 0.6 is 0 Å². The molecule has 268 valence electrons. The van der Waals surface area contributed by atoms with Gasteiger partial charge in [0.2, 0.25) is 0 Å². The van der Waals surface area contributed by atoms with Gasteiger partial charge in [-0.1, -0.05) is 63.2 Å². The van der Waals surface area contributed by atoms with E-state index in [4.69, 9.17) is 13.8 Å². The van der Waals surface area contributed by atoms with Crippen LogP contribution in [0.2, 0.25) is 0 Å². The monoisotopic (exact) mass is 876 g/mol. The van der Waals surface area contributed by atoms with Crippen LogP contribution in [0.15, 0.2) is 109 Å². The SMILES string of the molecule is [2H]C([2H])([2H])c1cc(-n2c3[c-]c(Oc4[c-]c5c(cc4)C(C)CCC5n4[c](=[Pt])n(C)c5ccccc54)ccc3c3ccccc32)ncc1-c1ccc(C(C)(C)C)cc1. The molecule has 0 spiro atoms. The van der Waals surface area contributed by atoms with E-state index in [0.717, 1.165) is 45.8 Å². The fraction of sp³-hybridized carbons (Fsp3) is 0.234. The van der Waals surface area contributed by atoms with Gasteiger partial charge in [-0.2, -0.15) is 0 Å². The molecule has 0 radical (unpaired) electrons. The van der Waals surface area contributed by atoms with E-state index in [-0.39, 0.29) is 17.0 Å². The van der Waals surface area contributed by atoms with Crippen molar-refractivity contribution in [2.75, 3.05) is 0 Å². The minimum atomic E-state index is -2.37. The smallest absolute Gasteiger partial charge is 0.238 e. The van der Waals surface area contributed by atoms with Crippen molar-refractivity contribution in [2.24, 2.45) is 7.05 Å². The zero-order chi connectivity index (χ0) is 39.1. The van der Waals surface area contributed by atoms with Crippen molar-refractivity contribution in [2.45, 2.75) is 64.8 Å². The van der Waals surface area contributed by atoms with Gasteiger partial charge in [0.1, 0.15) is 0 Å². The molecule has 0 bridgehead atoms. The van der Waals surface area contributed by atoms with Crippen LogP contribution in [0.4, 0.5) is 0 Å². The van der Waals surface area contributed by atoms with Gasteiger partial charge in [-0.15, -0.1) is 0 Å². The van der Waals surface area contributed by atoms with Crippen LogP contribution in [0.1, 0.15) is 78.9 Å². The molecule has 5 nitrogen and oxygen atoms in total. The molecule has 0 aliphatic heterocycles. The Morgan fingerprint density at radius 1 is 0.830 bits per heavy atom. The van der Waals surface area contributed by atoms with Gasteiger partial charge in [-0.05, 0) is 41.1 Å². The third kappa shape index (κ3) is 5.72. The second-order valence-corrected chi connectivity index (χ2v) is 16.3. The molecule has 1 aliphatic carbocycles. The van der Waals surface area contributed by atoms with Crippen LogP contribution in [-0.4, -0.2) is 18.7 Å². The number of aryl methyl sites for hydroxylation is 2. The molecule has 0 saturated heterocycles. The van der Waals surface area contributed by atoms with Crippen molar-refractivity contribution in [1.29, 1.82) is 0 Å². The van der Waals surface area contributed by atoms with E-state index >= 15 is 0 Å². The summed E-state index contributed by atoms with van der Waals surface area (Å²) in [5.74, 6) is 2.09. The zero-order valence-electron chi connectivity index (χ0n) is 33.5. The number of ether oxygens (including phenoxy) is 1. The molecule has 2 atom stereocenters. The summed E-state index contributed by atoms with van der Waals surface area (Å²) < 4.78 is 40.2. The molecule has 8 aromatic rings. The van der Waals surface area contributed by atoms with E-state index in [1.807, 2.05) is 53.1 Å². The average molecular weight is 877 g/mol. The number of imidazole rings is 1. The second kappa shape index (κ2) is 12.8. The van der Waals surface area contributed by atoms with Gasteiger partial charge in [0.25, 0.3) is 0 Å². The Morgan fingerprint density at radius 3 is 2.32 bits per heavy atom. The molecule has 6 heteroatoms. The average Bonchev–Trinajstić information content (AvgIpc) is 3.64. The molecule has 53 heavy (non-hydrogen) atoms. The van der Waals surface area contributed by atoms with Gasteiger partial charge < -0.3 is 0 Å². The summed E-state index contributed by atoms with van der Waals surface area (Å²) in [6.45, 7) is 6.43. The first-order valence-corrected chi connectivity index (χ1v) is 19.3. The van der Waals surface area contributed by atoms with Gasteiger partial charge in [-0.25, -0.2) is 4.98 Å². The molecular weight excluding hydrogens is 832 g/mol. The van der Waals surface area contributed by atoms with Crippen molar-refractivity contribution >= 4 is 32.8 Å². The van der Waals surface area contributed by atoms with Crippen molar-refractivity contribution in [3.63, 3.8) is 0 Å². The van der Waals surface area contributed by atoms with Crippen LogP contribution in [0.3, 0.4) is 0 Å². The number of benzene rings is 5. The van der Waals surface area contributed by atoms with E-state index < -0.39 is 6.85 Å². The predicted octanol–water partition coefficient (Wildman–Crippen LogP) is 11.7. The van der Waals surface area contributed by atoms with Gasteiger partial charge >= 0.3 is 202 Å². The Balaban J connectivity index is 1.14. The minimum Gasteiger partial charge on any atom is -0.238 e. The summed E-state index contributed by atoms with van der Waals surface area (Å²) in [6.07, 6.45) is 3.79. The van der Waals surface area contributed by atoms with E-state index in [2.05, 4.69) is 124 Å². The Bertz CT molecular complexity index is 2880. The summed E-state index contributed by atoms with van der Waals surface area (Å²) in [5, 5.41) is 1.99. The van der Waals surface area contributed by atoms with Gasteiger partial charge in [0, 0.05) is 15.9 Å². The van der Waals surface area contributed by atoms with Gasteiger partial charge in [0.05, 0.1) is 0 Å². The van der Waals surface area contributed by atoms with E-state index in [0.29, 0.717) is 28.8 Å². The second-order valence-electron chi connectivity index (χ2n) is 15.3. The molecule has 2 unspecified atom stereocenters. The number of fused-ring (bicyclic) bond motifs is 5. The normalized spacial score (nSPS) is 17.2. The van der Waals surface area contributed by atoms with E-state index in [1.165, 1.54) is 26.0 Å². The fourth-order valence-electron chi connectivity index (χ4n) is 8.05. The maximum atomic E-state index is 8.57. The Labute approximate surface area is 326 Å². The first kappa shape index (κ1) is 30.5. The minimum absolute atomic E-state index is 0.0164. The van der Waals surface area contributed by atoms with Gasteiger partial charge in [-0.3, -0.25) is 0 Å². The maximum absolute atomic E-state index is 8.57. The zero-order valence-corrected chi connectivity index (χ0v) is 32.7. The molecule has 0 N–H and O–H groups in total.